The molecule has 0 unspecified atom stereocenters. The molecule has 10 nitrogen and oxygen atoms in total. The number of hydrogen-bond donors (Lipinski definition) is 1. The molecule has 0 bridgehead atoms. The molecule has 2 saturated heterocycles. The van der Waals surface area contributed by atoms with Gasteiger partial charge in [-0.2, -0.15) is 0 Å². The summed E-state index contributed by atoms with van der Waals surface area (Å²) in [5.41, 5.74) is 1.44. The molecule has 178 valence electrons. The number of piperidine rings is 1. The van der Waals surface area contributed by atoms with E-state index in [2.05, 4.69) is 0 Å². The Bertz CT molecular complexity index is 1020. The predicted molar refractivity (Wildman–Crippen MR) is 115 cm³/mol. The highest BCUT2D eigenvalue weighted by atomic mass is 16.7. The third-order valence-electron chi connectivity index (χ3n) is 7.58. The molecule has 2 fully saturated rings. The zero-order valence-electron chi connectivity index (χ0n) is 18.7. The standard InChI is InChI=1S/C23H28N2O8/c1-30-17-9-15(16(25(28)29)11-18(17)31-2)14-10-20(27)24-6-4-19(26)23(5-3-13(14)22(23)24)12-21-32-7-8-33-21/h9,11,14,19,21,26H,3-8,10,12H2,1-2H3/t14-,19+,23-/m0/s1. The highest BCUT2D eigenvalue weighted by molar-refractivity contribution is 5.83. The smallest absolute Gasteiger partial charge is 0.277 e. The van der Waals surface area contributed by atoms with Gasteiger partial charge in [0.2, 0.25) is 5.91 Å². The largest absolute Gasteiger partial charge is 0.493 e. The maximum atomic E-state index is 13.3. The summed E-state index contributed by atoms with van der Waals surface area (Å²) >= 11 is 0. The van der Waals surface area contributed by atoms with Crippen LogP contribution in [0.1, 0.15) is 43.6 Å². The first-order chi connectivity index (χ1) is 15.9. The SMILES string of the molecule is COc1cc([C@H]2CC(=O)N3CC[C@@H](O)[C@@]4(CC5OCCO5)CCC2=C34)c([N+](=O)[O-])cc1OC. The molecule has 5 rings (SSSR count). The van der Waals surface area contributed by atoms with Gasteiger partial charge >= 0.3 is 0 Å². The fourth-order valence-electron chi connectivity index (χ4n) is 6.09. The van der Waals surface area contributed by atoms with Gasteiger partial charge < -0.3 is 29.0 Å². The van der Waals surface area contributed by atoms with Gasteiger partial charge in [0, 0.05) is 42.0 Å². The Kier molecular flexibility index (Phi) is 5.54. The number of carbonyl (C=O) groups is 1. The number of nitro benzene ring substituents is 1. The minimum atomic E-state index is -0.664. The first kappa shape index (κ1) is 22.1. The van der Waals surface area contributed by atoms with Gasteiger partial charge in [-0.25, -0.2) is 0 Å². The Labute approximate surface area is 191 Å². The van der Waals surface area contributed by atoms with Crippen LogP contribution in [0.5, 0.6) is 11.5 Å². The van der Waals surface area contributed by atoms with Crippen LogP contribution in [0.25, 0.3) is 0 Å². The van der Waals surface area contributed by atoms with Crippen molar-refractivity contribution in [1.82, 2.24) is 4.90 Å². The molecule has 1 N–H and O–H groups in total. The number of nitrogens with zero attached hydrogens (tertiary/aromatic N) is 2. The van der Waals surface area contributed by atoms with Crippen LogP contribution >= 0.6 is 0 Å². The van der Waals surface area contributed by atoms with E-state index in [4.69, 9.17) is 18.9 Å². The molecule has 3 atom stereocenters. The van der Waals surface area contributed by atoms with Gasteiger partial charge in [-0.05, 0) is 30.9 Å². The van der Waals surface area contributed by atoms with Crippen LogP contribution in [-0.4, -0.2) is 67.2 Å². The first-order valence-corrected chi connectivity index (χ1v) is 11.2. The Morgan fingerprint density at radius 2 is 1.94 bits per heavy atom. The lowest BCUT2D eigenvalue weighted by Gasteiger charge is -2.49. The molecule has 0 spiro atoms. The van der Waals surface area contributed by atoms with Crippen molar-refractivity contribution in [2.45, 2.75) is 50.4 Å². The van der Waals surface area contributed by atoms with Crippen LogP contribution in [0.2, 0.25) is 0 Å². The van der Waals surface area contributed by atoms with Gasteiger partial charge in [0.1, 0.15) is 0 Å². The number of aliphatic hydroxyl groups is 1. The molecular weight excluding hydrogens is 432 g/mol. The lowest BCUT2D eigenvalue weighted by Crippen LogP contribution is -2.53. The number of nitro groups is 1. The van der Waals surface area contributed by atoms with Crippen molar-refractivity contribution in [1.29, 1.82) is 0 Å². The number of ether oxygens (including phenoxy) is 4. The van der Waals surface area contributed by atoms with Crippen molar-refractivity contribution in [3.8, 4) is 11.5 Å². The molecule has 1 aliphatic carbocycles. The number of benzene rings is 1. The molecular formula is C23H28N2O8. The number of hydrogen-bond acceptors (Lipinski definition) is 8. The Morgan fingerprint density at radius 3 is 2.61 bits per heavy atom. The minimum absolute atomic E-state index is 0.0886. The maximum Gasteiger partial charge on any atom is 0.277 e. The molecule has 10 heteroatoms. The summed E-state index contributed by atoms with van der Waals surface area (Å²) in [6, 6.07) is 2.97. The molecule has 33 heavy (non-hydrogen) atoms. The van der Waals surface area contributed by atoms with E-state index in [1.165, 1.54) is 20.3 Å². The third-order valence-corrected chi connectivity index (χ3v) is 7.58. The number of allylic oxidation sites excluding steroid dienone is 1. The quantitative estimate of drug-likeness (QED) is 0.508. The number of methoxy groups -OCH3 is 2. The minimum Gasteiger partial charge on any atom is -0.493 e. The van der Waals surface area contributed by atoms with Crippen LogP contribution in [-0.2, 0) is 14.3 Å². The summed E-state index contributed by atoms with van der Waals surface area (Å²) in [6.45, 7) is 1.45. The highest BCUT2D eigenvalue weighted by Crippen LogP contribution is 2.60. The third kappa shape index (κ3) is 3.39. The van der Waals surface area contributed by atoms with E-state index in [1.807, 2.05) is 0 Å². The van der Waals surface area contributed by atoms with Gasteiger partial charge in [-0.1, -0.05) is 0 Å². The van der Waals surface area contributed by atoms with Crippen molar-refractivity contribution in [2.24, 2.45) is 5.41 Å². The second-order valence-corrected chi connectivity index (χ2v) is 9.03. The second kappa shape index (κ2) is 8.27. The summed E-state index contributed by atoms with van der Waals surface area (Å²) < 4.78 is 22.1. The molecule has 3 heterocycles. The monoisotopic (exact) mass is 460 g/mol. The average molecular weight is 460 g/mol. The van der Waals surface area contributed by atoms with Gasteiger partial charge in [0.05, 0.1) is 44.5 Å². The molecule has 1 aromatic carbocycles. The average Bonchev–Trinajstić information content (AvgIpc) is 3.46. The Morgan fingerprint density at radius 1 is 1.24 bits per heavy atom. The van der Waals surface area contributed by atoms with Gasteiger partial charge in [0.25, 0.3) is 5.69 Å². The zero-order valence-corrected chi connectivity index (χ0v) is 18.7. The second-order valence-electron chi connectivity index (χ2n) is 9.03. The van der Waals surface area contributed by atoms with E-state index in [1.54, 1.807) is 11.0 Å². The molecule has 0 radical (unpaired) electrons. The summed E-state index contributed by atoms with van der Waals surface area (Å²) in [5.74, 6) is 0.0776. The zero-order chi connectivity index (χ0) is 23.3. The van der Waals surface area contributed by atoms with E-state index in [9.17, 15) is 20.0 Å². The Hall–Kier alpha value is -2.69. The van der Waals surface area contributed by atoms with Gasteiger partial charge in [-0.3, -0.25) is 14.9 Å². The van der Waals surface area contributed by atoms with Crippen LogP contribution in [0, 0.1) is 15.5 Å². The van der Waals surface area contributed by atoms with Crippen LogP contribution in [0.3, 0.4) is 0 Å². The molecule has 3 aliphatic heterocycles. The van der Waals surface area contributed by atoms with E-state index >= 15 is 0 Å². The molecule has 0 aromatic heterocycles. The van der Waals surface area contributed by atoms with Crippen molar-refractivity contribution >= 4 is 11.6 Å². The summed E-state index contributed by atoms with van der Waals surface area (Å²) in [5, 5.41) is 23.1. The lowest BCUT2D eigenvalue weighted by molar-refractivity contribution is -0.385. The number of rotatable bonds is 6. The highest BCUT2D eigenvalue weighted by Gasteiger charge is 2.57. The molecule has 1 amide bonds. The maximum absolute atomic E-state index is 13.3. The number of aliphatic hydroxyl groups excluding tert-OH is 1. The molecule has 1 aromatic rings. The van der Waals surface area contributed by atoms with Crippen molar-refractivity contribution in [3.63, 3.8) is 0 Å². The summed E-state index contributed by atoms with van der Waals surface area (Å²) in [6.07, 6.45) is 1.28. The van der Waals surface area contributed by atoms with E-state index in [0.29, 0.717) is 56.8 Å². The number of amides is 1. The first-order valence-electron chi connectivity index (χ1n) is 11.2. The van der Waals surface area contributed by atoms with Crippen LogP contribution in [0.15, 0.2) is 23.4 Å². The van der Waals surface area contributed by atoms with E-state index in [-0.39, 0.29) is 23.8 Å². The summed E-state index contributed by atoms with van der Waals surface area (Å²) in [7, 11) is 2.90. The van der Waals surface area contributed by atoms with Crippen molar-refractivity contribution in [2.75, 3.05) is 34.0 Å². The number of carbonyl (C=O) groups excluding carboxylic acids is 1. The summed E-state index contributed by atoms with van der Waals surface area (Å²) in [4.78, 5) is 26.6. The van der Waals surface area contributed by atoms with Gasteiger partial charge in [0.15, 0.2) is 17.8 Å². The van der Waals surface area contributed by atoms with E-state index < -0.39 is 28.7 Å². The van der Waals surface area contributed by atoms with Crippen molar-refractivity contribution < 1.29 is 33.8 Å². The normalized spacial score (nSPS) is 29.4. The van der Waals surface area contributed by atoms with Crippen LogP contribution in [0.4, 0.5) is 5.69 Å². The fourth-order valence-corrected chi connectivity index (χ4v) is 6.09. The topological polar surface area (TPSA) is 121 Å². The molecule has 0 saturated carbocycles. The van der Waals surface area contributed by atoms with E-state index in [0.717, 1.165) is 11.3 Å². The van der Waals surface area contributed by atoms with Gasteiger partial charge in [-0.15, -0.1) is 0 Å². The lowest BCUT2D eigenvalue weighted by atomic mass is 9.70. The van der Waals surface area contributed by atoms with Crippen LogP contribution < -0.4 is 9.47 Å². The fraction of sp³-hybridized carbons (Fsp3) is 0.609. The predicted octanol–water partition coefficient (Wildman–Crippen LogP) is 2.49. The molecule has 4 aliphatic rings. The Balaban J connectivity index is 1.65. The van der Waals surface area contributed by atoms with Crippen molar-refractivity contribution in [3.05, 3.63) is 39.1 Å².